The molecular formula is C26H31Cl2IN2O2. The van der Waals surface area contributed by atoms with Gasteiger partial charge in [0.05, 0.1) is 22.7 Å². The van der Waals surface area contributed by atoms with Crippen molar-refractivity contribution in [2.24, 2.45) is 24.8 Å². The molecule has 4 rings (SSSR count). The van der Waals surface area contributed by atoms with Crippen LogP contribution < -0.4 is 28.5 Å². The summed E-state index contributed by atoms with van der Waals surface area (Å²) in [7, 11) is 2.00. The molecule has 1 aliphatic carbocycles. The van der Waals surface area contributed by atoms with Gasteiger partial charge >= 0.3 is 5.97 Å². The summed E-state index contributed by atoms with van der Waals surface area (Å²) in [5.74, 6) is 2.19. The largest absolute Gasteiger partial charge is 1.00 e. The van der Waals surface area contributed by atoms with Gasteiger partial charge in [0.15, 0.2) is 17.6 Å². The van der Waals surface area contributed by atoms with Crippen molar-refractivity contribution < 1.29 is 38.1 Å². The van der Waals surface area contributed by atoms with Crippen LogP contribution in [0.1, 0.15) is 40.0 Å². The number of nitrogens with zero attached hydrogens (tertiary/aromatic N) is 2. The van der Waals surface area contributed by atoms with Gasteiger partial charge in [0.1, 0.15) is 6.10 Å². The Morgan fingerprint density at radius 1 is 1.15 bits per heavy atom. The predicted octanol–water partition coefficient (Wildman–Crippen LogP) is 3.45. The summed E-state index contributed by atoms with van der Waals surface area (Å²) in [6.07, 6.45) is 3.24. The predicted molar refractivity (Wildman–Crippen MR) is 130 cm³/mol. The molecule has 1 heterocycles. The molecule has 1 aliphatic rings. The molecule has 2 aromatic carbocycles. The van der Waals surface area contributed by atoms with E-state index >= 15 is 0 Å². The van der Waals surface area contributed by atoms with E-state index < -0.39 is 0 Å². The van der Waals surface area contributed by atoms with Crippen LogP contribution in [0.4, 0.5) is 0 Å². The van der Waals surface area contributed by atoms with Gasteiger partial charge in [0, 0.05) is 0 Å². The number of hydrogen-bond acceptors (Lipinski definition) is 2. The van der Waals surface area contributed by atoms with E-state index in [9.17, 15) is 4.79 Å². The maximum Gasteiger partial charge on any atom is 0.348 e. The number of halogens is 3. The first-order chi connectivity index (χ1) is 15.3. The highest BCUT2D eigenvalue weighted by molar-refractivity contribution is 6.42. The lowest BCUT2D eigenvalue weighted by atomic mass is 9.75. The Morgan fingerprint density at radius 2 is 1.88 bits per heavy atom. The number of hydrogen-bond donors (Lipinski definition) is 0. The molecule has 0 saturated heterocycles. The number of esters is 1. The summed E-state index contributed by atoms with van der Waals surface area (Å²) < 4.78 is 10.2. The van der Waals surface area contributed by atoms with Crippen LogP contribution in [0, 0.1) is 17.8 Å². The summed E-state index contributed by atoms with van der Waals surface area (Å²) in [5.41, 5.74) is 2.91. The van der Waals surface area contributed by atoms with E-state index in [1.165, 1.54) is 6.42 Å². The van der Waals surface area contributed by atoms with Crippen LogP contribution in [0.25, 0.3) is 22.4 Å². The van der Waals surface area contributed by atoms with Crippen molar-refractivity contribution in [2.75, 3.05) is 0 Å². The molecule has 0 spiro atoms. The third kappa shape index (κ3) is 5.51. The van der Waals surface area contributed by atoms with E-state index in [2.05, 4.69) is 31.4 Å². The third-order valence-electron chi connectivity index (χ3n) is 6.82. The maximum atomic E-state index is 13.2. The summed E-state index contributed by atoms with van der Waals surface area (Å²) in [6, 6.07) is 13.6. The van der Waals surface area contributed by atoms with Gasteiger partial charge in [-0.15, -0.1) is 0 Å². The van der Waals surface area contributed by atoms with Crippen molar-refractivity contribution >= 4 is 40.2 Å². The number of aromatic nitrogens is 2. The second-order valence-electron chi connectivity index (χ2n) is 9.44. The summed E-state index contributed by atoms with van der Waals surface area (Å²) in [5, 5.41) is 0.991. The average Bonchev–Trinajstić information content (AvgIpc) is 3.02. The van der Waals surface area contributed by atoms with Crippen molar-refractivity contribution in [3.05, 3.63) is 52.5 Å². The third-order valence-corrected chi connectivity index (χ3v) is 7.56. The fraction of sp³-hybridized carbons (Fsp3) is 0.462. The molecule has 0 N–H and O–H groups in total. The van der Waals surface area contributed by atoms with E-state index in [0.717, 1.165) is 35.3 Å². The molecule has 1 fully saturated rings. The van der Waals surface area contributed by atoms with Crippen molar-refractivity contribution in [3.63, 3.8) is 0 Å². The van der Waals surface area contributed by atoms with E-state index in [1.54, 1.807) is 6.07 Å². The molecule has 178 valence electrons. The number of para-hydroxylation sites is 2. The standard InChI is InChI=1S/C26H31Cl2N2O2.HI/c1-16(2)19-11-9-17(3)13-24(19)32-25(31)15-30-23-8-6-5-7-22(23)29(4)26(30)18-10-12-20(27)21(28)14-18;/h5-8,10,12,14,16-17,19,24H,9,11,13,15H2,1-4H3;1H/q+1;/p-1/t17-,19+,24-;/m1./s1. The SMILES string of the molecule is CC(C)[C@@H]1CC[C@@H](C)C[C@H]1OC(=O)Cn1c(-c2ccc(Cl)c(Cl)c2)[n+](C)c2ccccc21.[I-]. The van der Waals surface area contributed by atoms with E-state index in [1.807, 2.05) is 41.9 Å². The number of carbonyl (C=O) groups is 1. The van der Waals surface area contributed by atoms with Crippen molar-refractivity contribution in [2.45, 2.75) is 52.7 Å². The van der Waals surface area contributed by atoms with Crippen molar-refractivity contribution in [1.29, 1.82) is 0 Å². The molecule has 0 radical (unpaired) electrons. The zero-order valence-corrected chi connectivity index (χ0v) is 23.2. The average molecular weight is 601 g/mol. The molecule has 33 heavy (non-hydrogen) atoms. The highest BCUT2D eigenvalue weighted by atomic mass is 127. The Hall–Kier alpha value is -1.31. The minimum atomic E-state index is -0.197. The van der Waals surface area contributed by atoms with Gasteiger partial charge in [-0.3, -0.25) is 0 Å². The lowest BCUT2D eigenvalue weighted by Gasteiger charge is -2.36. The number of ether oxygens (including phenoxy) is 1. The zero-order chi connectivity index (χ0) is 23.0. The lowest BCUT2D eigenvalue weighted by Crippen LogP contribution is -3.00. The van der Waals surface area contributed by atoms with Gasteiger partial charge in [0.25, 0.3) is 5.82 Å². The molecule has 3 atom stereocenters. The Morgan fingerprint density at radius 3 is 2.58 bits per heavy atom. The Kier molecular flexibility index (Phi) is 8.73. The fourth-order valence-corrected chi connectivity index (χ4v) is 5.41. The van der Waals surface area contributed by atoms with E-state index in [0.29, 0.717) is 27.8 Å². The minimum Gasteiger partial charge on any atom is -1.00 e. The van der Waals surface area contributed by atoms with Gasteiger partial charge < -0.3 is 28.7 Å². The first-order valence-electron chi connectivity index (χ1n) is 11.4. The van der Waals surface area contributed by atoms with Crippen LogP contribution >= 0.6 is 23.2 Å². The second-order valence-corrected chi connectivity index (χ2v) is 10.3. The van der Waals surface area contributed by atoms with Gasteiger partial charge in [0.2, 0.25) is 0 Å². The highest BCUT2D eigenvalue weighted by Crippen LogP contribution is 2.36. The summed E-state index contributed by atoms with van der Waals surface area (Å²) >= 11 is 12.5. The Labute approximate surface area is 223 Å². The molecule has 4 nitrogen and oxygen atoms in total. The zero-order valence-electron chi connectivity index (χ0n) is 19.5. The second kappa shape index (κ2) is 11.0. The lowest BCUT2D eigenvalue weighted by molar-refractivity contribution is -0.634. The quantitative estimate of drug-likeness (QED) is 0.256. The molecule has 1 saturated carbocycles. The number of aryl methyl sites for hydroxylation is 1. The van der Waals surface area contributed by atoms with Crippen LogP contribution in [-0.2, 0) is 23.1 Å². The summed E-state index contributed by atoms with van der Waals surface area (Å²) in [6.45, 7) is 6.85. The molecule has 0 bridgehead atoms. The maximum absolute atomic E-state index is 13.2. The van der Waals surface area contributed by atoms with Gasteiger partial charge in [-0.1, -0.05) is 62.5 Å². The number of imidazole rings is 1. The van der Waals surface area contributed by atoms with Crippen LogP contribution in [0.15, 0.2) is 42.5 Å². The van der Waals surface area contributed by atoms with Crippen LogP contribution in [-0.4, -0.2) is 16.6 Å². The van der Waals surface area contributed by atoms with Crippen molar-refractivity contribution in [1.82, 2.24) is 4.57 Å². The molecule has 1 aromatic heterocycles. The van der Waals surface area contributed by atoms with Gasteiger partial charge in [-0.05, 0) is 60.9 Å². The topological polar surface area (TPSA) is 35.1 Å². The molecule has 7 heteroatoms. The monoisotopic (exact) mass is 600 g/mol. The highest BCUT2D eigenvalue weighted by Gasteiger charge is 2.34. The summed E-state index contributed by atoms with van der Waals surface area (Å²) in [4.78, 5) is 13.2. The van der Waals surface area contributed by atoms with Gasteiger partial charge in [-0.2, -0.15) is 0 Å². The minimum absolute atomic E-state index is 0. The van der Waals surface area contributed by atoms with E-state index in [-0.39, 0.29) is 42.6 Å². The van der Waals surface area contributed by atoms with Crippen molar-refractivity contribution in [3.8, 4) is 11.4 Å². The molecule has 0 amide bonds. The number of fused-ring (bicyclic) bond motifs is 1. The fourth-order valence-electron chi connectivity index (χ4n) is 5.12. The van der Waals surface area contributed by atoms with Crippen LogP contribution in [0.5, 0.6) is 0 Å². The van der Waals surface area contributed by atoms with Gasteiger partial charge in [-0.25, -0.2) is 13.9 Å². The molecule has 0 aliphatic heterocycles. The Balaban J connectivity index is 0.00000306. The Bertz CT molecular complexity index is 1140. The van der Waals surface area contributed by atoms with E-state index in [4.69, 9.17) is 27.9 Å². The normalized spacial score (nSPS) is 20.6. The smallest absolute Gasteiger partial charge is 0.348 e. The number of rotatable bonds is 5. The first kappa shape index (κ1) is 26.3. The van der Waals surface area contributed by atoms with Crippen LogP contribution in [0.3, 0.4) is 0 Å². The molecule has 3 aromatic rings. The number of carbonyl (C=O) groups excluding carboxylic acids is 1. The first-order valence-corrected chi connectivity index (χ1v) is 12.1. The molecular weight excluding hydrogens is 570 g/mol. The molecule has 0 unspecified atom stereocenters. The van der Waals surface area contributed by atoms with Crippen LogP contribution in [0.2, 0.25) is 10.0 Å². The number of benzene rings is 2.